The minimum atomic E-state index is -3.03. The molecule has 21 heavy (non-hydrogen) atoms. The lowest BCUT2D eigenvalue weighted by Gasteiger charge is -2.17. The van der Waals surface area contributed by atoms with Crippen LogP contribution in [0.2, 0.25) is 0 Å². The number of nitrogens with zero attached hydrogens (tertiary/aromatic N) is 1. The van der Waals surface area contributed by atoms with Crippen molar-refractivity contribution in [2.45, 2.75) is 18.7 Å². The normalized spacial score (nSPS) is 21.5. The molecule has 2 atom stereocenters. The van der Waals surface area contributed by atoms with E-state index in [1.165, 1.54) is 12.4 Å². The topological polar surface area (TPSA) is 99.5 Å². The lowest BCUT2D eigenvalue weighted by molar-refractivity contribution is 0.124. The largest absolute Gasteiger partial charge is 0.506 e. The van der Waals surface area contributed by atoms with Gasteiger partial charge in [-0.25, -0.2) is 8.42 Å². The molecule has 1 saturated heterocycles. The summed E-state index contributed by atoms with van der Waals surface area (Å²) in [5.41, 5.74) is 0.239. The van der Waals surface area contributed by atoms with Crippen LogP contribution in [-0.4, -0.2) is 41.2 Å². The number of aliphatic hydroxyl groups excluding tert-OH is 1. The van der Waals surface area contributed by atoms with E-state index in [1.807, 2.05) is 0 Å². The van der Waals surface area contributed by atoms with Crippen molar-refractivity contribution in [2.75, 3.05) is 11.5 Å². The number of aliphatic hydroxyl groups is 1. The van der Waals surface area contributed by atoms with E-state index in [4.69, 9.17) is 0 Å². The van der Waals surface area contributed by atoms with E-state index < -0.39 is 16.1 Å². The Bertz CT molecular complexity index is 647. The van der Waals surface area contributed by atoms with Gasteiger partial charge in [-0.1, -0.05) is 24.3 Å². The number of aromatic hydroxyl groups is 1. The molecule has 2 heterocycles. The molecule has 1 aliphatic rings. The van der Waals surface area contributed by atoms with Crippen LogP contribution in [0.5, 0.6) is 5.75 Å². The lowest BCUT2D eigenvalue weighted by Crippen LogP contribution is -2.33. The highest BCUT2D eigenvalue weighted by atomic mass is 32.2. The summed E-state index contributed by atoms with van der Waals surface area (Å²) in [6.45, 7) is 0. The molecule has 114 valence electrons. The van der Waals surface area contributed by atoms with Crippen molar-refractivity contribution in [2.24, 2.45) is 0 Å². The van der Waals surface area contributed by atoms with Gasteiger partial charge in [0.15, 0.2) is 9.84 Å². The quantitative estimate of drug-likeness (QED) is 0.710. The van der Waals surface area contributed by atoms with Gasteiger partial charge in [-0.05, 0) is 12.5 Å². The first-order valence-electron chi connectivity index (χ1n) is 6.59. The number of hydrogen-bond donors (Lipinski definition) is 3. The Balaban J connectivity index is 2.21. The molecule has 0 aromatic carbocycles. The van der Waals surface area contributed by atoms with Crippen LogP contribution < -0.4 is 5.32 Å². The first kappa shape index (κ1) is 15.7. The van der Waals surface area contributed by atoms with Gasteiger partial charge in [0.05, 0.1) is 17.7 Å². The maximum atomic E-state index is 11.4. The van der Waals surface area contributed by atoms with E-state index in [9.17, 15) is 18.6 Å². The zero-order valence-corrected chi connectivity index (χ0v) is 12.2. The van der Waals surface area contributed by atoms with Crippen LogP contribution >= 0.6 is 0 Å². The second-order valence-corrected chi connectivity index (χ2v) is 7.10. The van der Waals surface area contributed by atoms with Crippen LogP contribution in [-0.2, 0) is 9.84 Å². The molecule has 6 nitrogen and oxygen atoms in total. The summed E-state index contributed by atoms with van der Waals surface area (Å²) in [6, 6.07) is 8.11. The van der Waals surface area contributed by atoms with Gasteiger partial charge < -0.3 is 10.2 Å². The molecule has 0 saturated carbocycles. The fraction of sp³-hybridized carbons (Fsp3) is 0.357. The molecular formula is C14H18N2O4S. The monoisotopic (exact) mass is 310 g/mol. The Morgan fingerprint density at radius 3 is 2.76 bits per heavy atom. The van der Waals surface area contributed by atoms with Crippen LogP contribution in [0.4, 0.5) is 0 Å². The molecule has 1 aromatic heterocycles. The molecule has 7 heteroatoms. The Morgan fingerprint density at radius 1 is 1.29 bits per heavy atom. The van der Waals surface area contributed by atoms with Crippen LogP contribution in [0, 0.1) is 0 Å². The number of nitrogens with one attached hydrogen (secondary N) is 1. The molecule has 0 bridgehead atoms. The van der Waals surface area contributed by atoms with Gasteiger partial charge in [-0.3, -0.25) is 10.3 Å². The Labute approximate surface area is 123 Å². The molecule has 1 aliphatic heterocycles. The Hall–Kier alpha value is -1.70. The third-order valence-electron chi connectivity index (χ3n) is 3.19. The summed E-state index contributed by atoms with van der Waals surface area (Å²) in [6.07, 6.45) is 2.02. The van der Waals surface area contributed by atoms with Gasteiger partial charge in [0.1, 0.15) is 12.0 Å². The van der Waals surface area contributed by atoms with Gasteiger partial charge >= 0.3 is 0 Å². The SMILES string of the molecule is O=S1(=O)CCC(NC(O)c2ccccccncc2O)C1. The standard InChI is InChI=1S/C14H18N2O4S/c17-13-9-15-7-4-2-1-3-5-12(13)14(18)16-11-6-8-21(19,20)10-11/h1-5,7,9,11,14,16-18H,6,8,10H2. The highest BCUT2D eigenvalue weighted by molar-refractivity contribution is 7.91. The molecule has 0 amide bonds. The maximum Gasteiger partial charge on any atom is 0.151 e. The molecule has 1 aromatic rings. The molecule has 2 rings (SSSR count). The van der Waals surface area contributed by atoms with Crippen LogP contribution in [0.25, 0.3) is 0 Å². The fourth-order valence-corrected chi connectivity index (χ4v) is 3.82. The minimum Gasteiger partial charge on any atom is -0.506 e. The molecule has 1 fully saturated rings. The third-order valence-corrected chi connectivity index (χ3v) is 4.96. The minimum absolute atomic E-state index is 0.00144. The third kappa shape index (κ3) is 4.66. The van der Waals surface area contributed by atoms with Gasteiger partial charge in [-0.15, -0.1) is 0 Å². The highest BCUT2D eigenvalue weighted by Gasteiger charge is 2.29. The summed E-state index contributed by atoms with van der Waals surface area (Å²) in [5.74, 6) is -0.0572. The summed E-state index contributed by atoms with van der Waals surface area (Å²) in [4.78, 5) is 3.87. The first-order valence-corrected chi connectivity index (χ1v) is 8.41. The number of sulfone groups is 1. The average molecular weight is 310 g/mol. The number of rotatable bonds is 3. The van der Waals surface area contributed by atoms with Crippen molar-refractivity contribution in [3.8, 4) is 5.75 Å². The summed E-state index contributed by atoms with van der Waals surface area (Å²) < 4.78 is 22.8. The highest BCUT2D eigenvalue weighted by Crippen LogP contribution is 2.21. The average Bonchev–Trinajstić information content (AvgIpc) is 2.76. The predicted octanol–water partition coefficient (Wildman–Crippen LogP) is 0.679. The van der Waals surface area contributed by atoms with E-state index in [0.717, 1.165) is 0 Å². The molecular weight excluding hydrogens is 292 g/mol. The van der Waals surface area contributed by atoms with Crippen LogP contribution in [0.1, 0.15) is 18.2 Å². The lowest BCUT2D eigenvalue weighted by atomic mass is 10.2. The summed E-state index contributed by atoms with van der Waals surface area (Å²) >= 11 is 0. The van der Waals surface area contributed by atoms with Crippen molar-refractivity contribution in [1.29, 1.82) is 0 Å². The van der Waals surface area contributed by atoms with Crippen molar-refractivity contribution < 1.29 is 18.6 Å². The Morgan fingerprint density at radius 2 is 2.05 bits per heavy atom. The fourth-order valence-electron chi connectivity index (χ4n) is 2.13. The van der Waals surface area contributed by atoms with Crippen LogP contribution in [0.3, 0.4) is 0 Å². The maximum absolute atomic E-state index is 11.4. The molecule has 2 unspecified atom stereocenters. The van der Waals surface area contributed by atoms with Crippen molar-refractivity contribution in [1.82, 2.24) is 10.3 Å². The van der Waals surface area contributed by atoms with Crippen molar-refractivity contribution in [3.05, 3.63) is 48.3 Å². The van der Waals surface area contributed by atoms with E-state index >= 15 is 0 Å². The van der Waals surface area contributed by atoms with Crippen LogP contribution in [0.15, 0.2) is 42.7 Å². The van der Waals surface area contributed by atoms with Gasteiger partial charge in [-0.2, -0.15) is 0 Å². The van der Waals surface area contributed by atoms with E-state index in [1.54, 1.807) is 30.3 Å². The molecule has 0 radical (unpaired) electrons. The molecule has 0 aliphatic carbocycles. The predicted molar refractivity (Wildman–Crippen MR) is 78.7 cm³/mol. The van der Waals surface area contributed by atoms with Crippen molar-refractivity contribution >= 4 is 9.84 Å². The summed E-state index contributed by atoms with van der Waals surface area (Å²) in [7, 11) is -3.03. The number of aromatic nitrogens is 1. The second-order valence-electron chi connectivity index (χ2n) is 4.87. The smallest absolute Gasteiger partial charge is 0.151 e. The zero-order valence-electron chi connectivity index (χ0n) is 11.4. The molecule has 3 N–H and O–H groups in total. The second kappa shape index (κ2) is 6.84. The van der Waals surface area contributed by atoms with Gasteiger partial charge in [0, 0.05) is 17.8 Å². The van der Waals surface area contributed by atoms with E-state index in [2.05, 4.69) is 10.3 Å². The van der Waals surface area contributed by atoms with E-state index in [0.29, 0.717) is 6.42 Å². The van der Waals surface area contributed by atoms with E-state index in [-0.39, 0.29) is 28.9 Å². The number of hydrogen-bond acceptors (Lipinski definition) is 6. The Kier molecular flexibility index (Phi) is 5.11. The van der Waals surface area contributed by atoms with Gasteiger partial charge in [0.2, 0.25) is 0 Å². The summed E-state index contributed by atoms with van der Waals surface area (Å²) in [5, 5.41) is 22.9. The zero-order chi connectivity index (χ0) is 15.3. The molecule has 0 spiro atoms. The first-order chi connectivity index (χ1) is 9.98. The van der Waals surface area contributed by atoms with Gasteiger partial charge in [0.25, 0.3) is 0 Å². The van der Waals surface area contributed by atoms with Crippen molar-refractivity contribution in [3.63, 3.8) is 0 Å².